The lowest BCUT2D eigenvalue weighted by Gasteiger charge is -2.14. The third-order valence-electron chi connectivity index (χ3n) is 4.20. The molecule has 0 amide bonds. The van der Waals surface area contributed by atoms with E-state index in [9.17, 15) is 22.8 Å². The molecule has 0 bridgehead atoms. The Morgan fingerprint density at radius 3 is 2.68 bits per heavy atom. The fourth-order valence-corrected chi connectivity index (χ4v) is 3.64. The number of hydrogen-bond acceptors (Lipinski definition) is 5. The molecule has 6 nitrogen and oxygen atoms in total. The number of nitrogens with zero attached hydrogens (tertiary/aromatic N) is 3. The summed E-state index contributed by atoms with van der Waals surface area (Å²) in [6.45, 7) is 5.70. The van der Waals surface area contributed by atoms with Crippen molar-refractivity contribution in [2.24, 2.45) is 7.05 Å². The van der Waals surface area contributed by atoms with Crippen LogP contribution in [-0.4, -0.2) is 20.1 Å². The third-order valence-corrected chi connectivity index (χ3v) is 5.04. The van der Waals surface area contributed by atoms with Crippen LogP contribution in [0.1, 0.15) is 24.4 Å². The van der Waals surface area contributed by atoms with Crippen LogP contribution < -0.4 is 11.2 Å². The molecule has 1 unspecified atom stereocenters. The van der Waals surface area contributed by atoms with Gasteiger partial charge >= 0.3 is 11.9 Å². The van der Waals surface area contributed by atoms with Gasteiger partial charge in [-0.05, 0) is 36.7 Å². The number of hydrogen-bond donors (Lipinski definition) is 0. The second-order valence-corrected chi connectivity index (χ2v) is 6.86. The largest absolute Gasteiger partial charge is 0.431 e. The van der Waals surface area contributed by atoms with E-state index in [0.717, 1.165) is 11.7 Å². The number of alkyl halides is 3. The summed E-state index contributed by atoms with van der Waals surface area (Å²) < 4.78 is 50.9. The molecule has 0 N–H and O–H groups in total. The Balaban J connectivity index is 2.17. The van der Waals surface area contributed by atoms with Gasteiger partial charge in [0.25, 0.3) is 5.56 Å². The molecule has 2 heterocycles. The Morgan fingerprint density at radius 2 is 2.04 bits per heavy atom. The zero-order valence-electron chi connectivity index (χ0n) is 15.0. The normalized spacial score (nSPS) is 13.0. The van der Waals surface area contributed by atoms with Gasteiger partial charge in [-0.15, -0.1) is 6.58 Å². The van der Waals surface area contributed by atoms with Crippen molar-refractivity contribution in [2.75, 3.05) is 6.61 Å². The SMILES string of the molecule is C=CCOC(C)c1nsc2ccc(-n3c(=O)cc(C(F)(F)F)n(C)c3=O)cc12. The molecule has 3 rings (SSSR count). The molecule has 0 aliphatic carbocycles. The highest BCUT2D eigenvalue weighted by Gasteiger charge is 2.35. The van der Waals surface area contributed by atoms with Crippen LogP contribution in [0.4, 0.5) is 13.2 Å². The summed E-state index contributed by atoms with van der Waals surface area (Å²) in [5.41, 5.74) is -2.68. The van der Waals surface area contributed by atoms with Crippen molar-refractivity contribution in [3.05, 3.63) is 69.1 Å². The van der Waals surface area contributed by atoms with E-state index in [1.807, 2.05) is 0 Å². The number of ether oxygens (including phenoxy) is 1. The van der Waals surface area contributed by atoms with Crippen LogP contribution in [0.25, 0.3) is 15.8 Å². The van der Waals surface area contributed by atoms with Gasteiger partial charge in [-0.2, -0.15) is 17.5 Å². The predicted molar refractivity (Wildman–Crippen MR) is 100 cm³/mol. The highest BCUT2D eigenvalue weighted by atomic mass is 32.1. The standard InChI is InChI=1S/C18H16F3N3O3S/c1-4-7-27-10(2)16-12-8-11(5-6-13(12)28-22-16)24-15(25)9-14(18(19,20)21)23(3)17(24)26/h4-6,8-10H,1,7H2,2-3H3. The fourth-order valence-electron chi connectivity index (χ4n) is 2.80. The number of rotatable bonds is 5. The highest BCUT2D eigenvalue weighted by Crippen LogP contribution is 2.31. The monoisotopic (exact) mass is 411 g/mol. The van der Waals surface area contributed by atoms with Gasteiger partial charge in [-0.3, -0.25) is 9.36 Å². The van der Waals surface area contributed by atoms with Crippen LogP contribution in [0.3, 0.4) is 0 Å². The first-order valence-electron chi connectivity index (χ1n) is 8.17. The summed E-state index contributed by atoms with van der Waals surface area (Å²) in [6.07, 6.45) is -3.57. The Bertz CT molecular complexity index is 1160. The van der Waals surface area contributed by atoms with E-state index in [4.69, 9.17) is 4.74 Å². The third kappa shape index (κ3) is 3.52. The van der Waals surface area contributed by atoms with Crippen molar-refractivity contribution in [1.82, 2.24) is 13.5 Å². The second-order valence-electron chi connectivity index (χ2n) is 6.06. The molecule has 2 aromatic heterocycles. The molecular formula is C18H16F3N3O3S. The maximum absolute atomic E-state index is 13.0. The highest BCUT2D eigenvalue weighted by molar-refractivity contribution is 7.13. The fraction of sp³-hybridized carbons (Fsp3) is 0.278. The molecule has 3 aromatic rings. The van der Waals surface area contributed by atoms with Gasteiger partial charge in [-0.25, -0.2) is 9.36 Å². The molecule has 10 heteroatoms. The van der Waals surface area contributed by atoms with Gasteiger partial charge in [-0.1, -0.05) is 6.08 Å². The van der Waals surface area contributed by atoms with E-state index < -0.39 is 23.1 Å². The van der Waals surface area contributed by atoms with Crippen LogP contribution >= 0.6 is 11.5 Å². The molecule has 0 radical (unpaired) electrons. The molecule has 0 saturated heterocycles. The molecule has 0 saturated carbocycles. The first-order chi connectivity index (χ1) is 13.1. The van der Waals surface area contributed by atoms with Gasteiger partial charge < -0.3 is 4.74 Å². The summed E-state index contributed by atoms with van der Waals surface area (Å²) >= 11 is 1.22. The Hall–Kier alpha value is -2.72. The molecule has 0 spiro atoms. The first-order valence-corrected chi connectivity index (χ1v) is 8.95. The molecular weight excluding hydrogens is 395 g/mol. The minimum Gasteiger partial charge on any atom is -0.368 e. The Kier molecular flexibility index (Phi) is 5.26. The van der Waals surface area contributed by atoms with Crippen molar-refractivity contribution >= 4 is 21.6 Å². The summed E-state index contributed by atoms with van der Waals surface area (Å²) in [5.74, 6) is 0. The summed E-state index contributed by atoms with van der Waals surface area (Å²) in [4.78, 5) is 24.8. The summed E-state index contributed by atoms with van der Waals surface area (Å²) in [5, 5.41) is 0.660. The van der Waals surface area contributed by atoms with E-state index >= 15 is 0 Å². The zero-order valence-corrected chi connectivity index (χ0v) is 15.8. The van der Waals surface area contributed by atoms with Gasteiger partial charge in [0.15, 0.2) is 0 Å². The number of fused-ring (bicyclic) bond motifs is 1. The van der Waals surface area contributed by atoms with Gasteiger partial charge in [0.05, 0.1) is 28.8 Å². The number of halogens is 3. The number of aromatic nitrogens is 3. The van der Waals surface area contributed by atoms with E-state index in [2.05, 4.69) is 11.0 Å². The molecule has 1 atom stereocenters. The molecule has 0 aliphatic heterocycles. The lowest BCUT2D eigenvalue weighted by atomic mass is 10.1. The molecule has 0 fully saturated rings. The topological polar surface area (TPSA) is 66.1 Å². The molecule has 148 valence electrons. The lowest BCUT2D eigenvalue weighted by Crippen LogP contribution is -2.40. The average molecular weight is 411 g/mol. The molecule has 1 aromatic carbocycles. The predicted octanol–water partition coefficient (Wildman–Crippen LogP) is 3.43. The van der Waals surface area contributed by atoms with E-state index in [0.29, 0.717) is 32.9 Å². The van der Waals surface area contributed by atoms with Crippen LogP contribution in [0, 0.1) is 0 Å². The maximum atomic E-state index is 13.0. The van der Waals surface area contributed by atoms with Crippen molar-refractivity contribution < 1.29 is 17.9 Å². The summed E-state index contributed by atoms with van der Waals surface area (Å²) in [7, 11) is 0.975. The van der Waals surface area contributed by atoms with Crippen LogP contribution in [0.5, 0.6) is 0 Å². The quantitative estimate of drug-likeness (QED) is 0.604. The van der Waals surface area contributed by atoms with Crippen molar-refractivity contribution in [3.8, 4) is 5.69 Å². The van der Waals surface area contributed by atoms with E-state index in [1.165, 1.54) is 17.6 Å². The Morgan fingerprint density at radius 1 is 1.32 bits per heavy atom. The minimum absolute atomic E-state index is 0.157. The second kappa shape index (κ2) is 7.36. The van der Waals surface area contributed by atoms with Gasteiger partial charge in [0.1, 0.15) is 5.69 Å². The van der Waals surface area contributed by atoms with Crippen molar-refractivity contribution in [3.63, 3.8) is 0 Å². The molecule has 28 heavy (non-hydrogen) atoms. The lowest BCUT2D eigenvalue weighted by molar-refractivity contribution is -0.144. The van der Waals surface area contributed by atoms with Gasteiger partial charge in [0.2, 0.25) is 0 Å². The van der Waals surface area contributed by atoms with Crippen molar-refractivity contribution in [2.45, 2.75) is 19.2 Å². The van der Waals surface area contributed by atoms with E-state index in [1.54, 1.807) is 25.1 Å². The average Bonchev–Trinajstić information content (AvgIpc) is 3.05. The van der Waals surface area contributed by atoms with Crippen LogP contribution in [-0.2, 0) is 18.0 Å². The smallest absolute Gasteiger partial charge is 0.368 e. The van der Waals surface area contributed by atoms with Gasteiger partial charge in [0, 0.05) is 18.5 Å². The minimum atomic E-state index is -4.81. The van der Waals surface area contributed by atoms with Crippen LogP contribution in [0.15, 0.2) is 46.5 Å². The first kappa shape index (κ1) is 20.0. The summed E-state index contributed by atoms with van der Waals surface area (Å²) in [6, 6.07) is 5.12. The molecule has 0 aliphatic rings. The van der Waals surface area contributed by atoms with E-state index in [-0.39, 0.29) is 11.8 Å². The maximum Gasteiger partial charge on any atom is 0.431 e. The number of benzene rings is 1. The van der Waals surface area contributed by atoms with Crippen molar-refractivity contribution in [1.29, 1.82) is 0 Å². The Labute approximate surface area is 161 Å². The van der Waals surface area contributed by atoms with Crippen LogP contribution in [0.2, 0.25) is 0 Å². The zero-order chi connectivity index (χ0) is 20.6.